The molecule has 7 nitrogen and oxygen atoms in total. The van der Waals surface area contributed by atoms with E-state index in [1.54, 1.807) is 6.07 Å². The molecular formula is C28H31F3N4O3S. The Labute approximate surface area is 229 Å². The van der Waals surface area contributed by atoms with Gasteiger partial charge in [-0.15, -0.1) is 11.3 Å². The largest absolute Gasteiger partial charge is 0.454 e. The number of rotatable bonds is 11. The molecule has 5 rings (SSSR count). The summed E-state index contributed by atoms with van der Waals surface area (Å²) in [4.78, 5) is 9.19. The van der Waals surface area contributed by atoms with Gasteiger partial charge in [0.15, 0.2) is 11.5 Å². The third-order valence-corrected chi connectivity index (χ3v) is 7.43. The third-order valence-electron chi connectivity index (χ3n) is 6.59. The number of fused-ring (bicyclic) bond motifs is 1. The molecule has 1 saturated heterocycles. The van der Waals surface area contributed by atoms with Crippen molar-refractivity contribution < 1.29 is 27.4 Å². The Kier molecular flexibility index (Phi) is 8.71. The van der Waals surface area contributed by atoms with Gasteiger partial charge in [-0.2, -0.15) is 13.2 Å². The maximum absolute atomic E-state index is 13.3. The maximum Gasteiger partial charge on any atom is 0.416 e. The van der Waals surface area contributed by atoms with Crippen molar-refractivity contribution in [1.29, 1.82) is 0 Å². The van der Waals surface area contributed by atoms with E-state index in [2.05, 4.69) is 21.7 Å². The highest BCUT2D eigenvalue weighted by Gasteiger charge is 2.30. The van der Waals surface area contributed by atoms with E-state index < -0.39 is 11.7 Å². The highest BCUT2D eigenvalue weighted by Crippen LogP contribution is 2.34. The summed E-state index contributed by atoms with van der Waals surface area (Å²) in [7, 11) is 0. The highest BCUT2D eigenvalue weighted by atomic mass is 32.1. The molecule has 0 amide bonds. The van der Waals surface area contributed by atoms with E-state index in [9.17, 15) is 13.2 Å². The lowest BCUT2D eigenvalue weighted by atomic mass is 10.1. The van der Waals surface area contributed by atoms with Gasteiger partial charge in [0, 0.05) is 44.6 Å². The Balaban J connectivity index is 1.26. The number of ether oxygens (including phenoxy) is 3. The van der Waals surface area contributed by atoms with Crippen molar-refractivity contribution in [1.82, 2.24) is 20.1 Å². The van der Waals surface area contributed by atoms with Gasteiger partial charge >= 0.3 is 6.18 Å². The summed E-state index contributed by atoms with van der Waals surface area (Å²) in [6.45, 7) is 10.7. The van der Waals surface area contributed by atoms with E-state index in [1.165, 1.54) is 23.5 Å². The molecule has 0 saturated carbocycles. The van der Waals surface area contributed by atoms with E-state index in [0.29, 0.717) is 36.7 Å². The Morgan fingerprint density at radius 3 is 2.59 bits per heavy atom. The van der Waals surface area contributed by atoms with Gasteiger partial charge in [0.2, 0.25) is 6.79 Å². The van der Waals surface area contributed by atoms with Gasteiger partial charge in [-0.25, -0.2) is 4.98 Å². The van der Waals surface area contributed by atoms with Crippen LogP contribution in [0.2, 0.25) is 0 Å². The summed E-state index contributed by atoms with van der Waals surface area (Å²) < 4.78 is 56.3. The standard InChI is InChI=1S/C28H31F3N4O3S/c1-20(32-7-8-34-9-11-36-12-10-34)24-18-39-27(33-24)17-35(15-21-3-2-4-23(13-21)28(29,30)31)16-22-5-6-25-26(14-22)38-19-37-25/h2-6,13-14,18,32H,1,7-12,15-17,19H2. The zero-order chi connectivity index (χ0) is 27.2. The van der Waals surface area contributed by atoms with Gasteiger partial charge < -0.3 is 19.5 Å². The molecule has 1 N–H and O–H groups in total. The Morgan fingerprint density at radius 1 is 1.03 bits per heavy atom. The molecule has 3 heterocycles. The van der Waals surface area contributed by atoms with Crippen molar-refractivity contribution in [3.8, 4) is 11.5 Å². The van der Waals surface area contributed by atoms with Crippen LogP contribution in [0.25, 0.3) is 5.70 Å². The fourth-order valence-corrected chi connectivity index (χ4v) is 5.41. The first-order valence-electron chi connectivity index (χ1n) is 12.8. The normalized spacial score (nSPS) is 15.6. The molecule has 1 aromatic heterocycles. The first-order chi connectivity index (χ1) is 18.8. The van der Waals surface area contributed by atoms with E-state index in [1.807, 2.05) is 23.6 Å². The van der Waals surface area contributed by atoms with Crippen LogP contribution < -0.4 is 14.8 Å². The number of halogens is 3. The van der Waals surface area contributed by atoms with Crippen LogP contribution in [0.15, 0.2) is 54.4 Å². The third kappa shape index (κ3) is 7.51. The van der Waals surface area contributed by atoms with Crippen LogP contribution in [0.5, 0.6) is 11.5 Å². The number of nitrogens with zero attached hydrogens (tertiary/aromatic N) is 3. The van der Waals surface area contributed by atoms with Crippen LogP contribution in [0, 0.1) is 0 Å². The average Bonchev–Trinajstić information content (AvgIpc) is 3.58. The molecule has 208 valence electrons. The zero-order valence-corrected chi connectivity index (χ0v) is 22.3. The van der Waals surface area contributed by atoms with Crippen molar-refractivity contribution in [2.75, 3.05) is 46.2 Å². The molecule has 0 atom stereocenters. The summed E-state index contributed by atoms with van der Waals surface area (Å²) >= 11 is 1.51. The molecule has 2 aliphatic rings. The summed E-state index contributed by atoms with van der Waals surface area (Å²) in [5, 5.41) is 6.17. The number of benzene rings is 2. The van der Waals surface area contributed by atoms with Crippen LogP contribution >= 0.6 is 11.3 Å². The number of thiazole rings is 1. The molecule has 2 aliphatic heterocycles. The van der Waals surface area contributed by atoms with E-state index in [0.717, 1.165) is 67.4 Å². The number of hydrogen-bond donors (Lipinski definition) is 1. The topological polar surface area (TPSA) is 59.1 Å². The van der Waals surface area contributed by atoms with Crippen molar-refractivity contribution >= 4 is 17.0 Å². The molecule has 0 bridgehead atoms. The van der Waals surface area contributed by atoms with Gasteiger partial charge in [0.1, 0.15) is 5.01 Å². The molecule has 0 unspecified atom stereocenters. The Morgan fingerprint density at radius 2 is 1.79 bits per heavy atom. The summed E-state index contributed by atoms with van der Waals surface area (Å²) in [5.41, 5.74) is 2.43. The van der Waals surface area contributed by atoms with Crippen LogP contribution in [0.3, 0.4) is 0 Å². The lowest BCUT2D eigenvalue weighted by Crippen LogP contribution is -2.40. The molecular weight excluding hydrogens is 529 g/mol. The summed E-state index contributed by atoms with van der Waals surface area (Å²) in [6, 6.07) is 11.2. The van der Waals surface area contributed by atoms with Gasteiger partial charge in [-0.3, -0.25) is 9.80 Å². The number of hydrogen-bond acceptors (Lipinski definition) is 8. The van der Waals surface area contributed by atoms with Crippen LogP contribution in [0.4, 0.5) is 13.2 Å². The average molecular weight is 561 g/mol. The molecule has 11 heteroatoms. The Bertz CT molecular complexity index is 1280. The zero-order valence-electron chi connectivity index (χ0n) is 21.5. The lowest BCUT2D eigenvalue weighted by Gasteiger charge is -2.26. The number of alkyl halides is 3. The smallest absolute Gasteiger partial charge is 0.416 e. The first-order valence-corrected chi connectivity index (χ1v) is 13.7. The fourth-order valence-electron chi connectivity index (χ4n) is 4.56. The minimum absolute atomic E-state index is 0.180. The minimum atomic E-state index is -4.39. The van der Waals surface area contributed by atoms with Crippen LogP contribution in [-0.4, -0.2) is 61.0 Å². The summed E-state index contributed by atoms with van der Waals surface area (Å²) in [6.07, 6.45) is -4.39. The van der Waals surface area contributed by atoms with Crippen molar-refractivity contribution in [2.45, 2.75) is 25.8 Å². The molecule has 1 fully saturated rings. The van der Waals surface area contributed by atoms with E-state index in [4.69, 9.17) is 19.2 Å². The van der Waals surface area contributed by atoms with E-state index in [-0.39, 0.29) is 6.79 Å². The predicted octanol–water partition coefficient (Wildman–Crippen LogP) is 4.99. The quantitative estimate of drug-likeness (QED) is 0.355. The maximum atomic E-state index is 13.3. The van der Waals surface area contributed by atoms with Crippen molar-refractivity contribution in [2.24, 2.45) is 0 Å². The second kappa shape index (κ2) is 12.4. The van der Waals surface area contributed by atoms with Gasteiger partial charge in [0.05, 0.1) is 36.7 Å². The SMILES string of the molecule is C=C(NCCN1CCOCC1)c1csc(CN(Cc2cccc(C(F)(F)F)c2)Cc2ccc3c(c2)OCO3)n1. The molecule has 3 aromatic rings. The van der Waals surface area contributed by atoms with E-state index >= 15 is 0 Å². The lowest BCUT2D eigenvalue weighted by molar-refractivity contribution is -0.137. The second-order valence-corrected chi connectivity index (χ2v) is 10.5. The van der Waals surface area contributed by atoms with Crippen LogP contribution in [-0.2, 0) is 30.5 Å². The second-order valence-electron chi connectivity index (χ2n) is 9.52. The highest BCUT2D eigenvalue weighted by molar-refractivity contribution is 7.09. The molecule has 0 spiro atoms. The number of morpholine rings is 1. The van der Waals surface area contributed by atoms with Crippen molar-refractivity contribution in [3.63, 3.8) is 0 Å². The number of aromatic nitrogens is 1. The minimum Gasteiger partial charge on any atom is -0.454 e. The van der Waals surface area contributed by atoms with Crippen molar-refractivity contribution in [3.05, 3.63) is 81.8 Å². The van der Waals surface area contributed by atoms with Crippen LogP contribution in [0.1, 0.15) is 27.4 Å². The Hall–Kier alpha value is -3.12. The van der Waals surface area contributed by atoms with Gasteiger partial charge in [0.25, 0.3) is 0 Å². The molecule has 39 heavy (non-hydrogen) atoms. The molecule has 0 aliphatic carbocycles. The van der Waals surface area contributed by atoms with Gasteiger partial charge in [-0.1, -0.05) is 30.8 Å². The predicted molar refractivity (Wildman–Crippen MR) is 143 cm³/mol. The monoisotopic (exact) mass is 560 g/mol. The number of nitrogens with one attached hydrogen (secondary N) is 1. The summed E-state index contributed by atoms with van der Waals surface area (Å²) in [5.74, 6) is 1.36. The van der Waals surface area contributed by atoms with Gasteiger partial charge in [-0.05, 0) is 29.3 Å². The molecule has 0 radical (unpaired) electrons. The molecule has 2 aromatic carbocycles. The fraction of sp³-hybridized carbons (Fsp3) is 0.393. The first kappa shape index (κ1) is 27.4.